The molecule has 0 amide bonds. The first-order chi connectivity index (χ1) is 8.65. The van der Waals surface area contributed by atoms with Crippen LogP contribution in [0.15, 0.2) is 22.7 Å². The summed E-state index contributed by atoms with van der Waals surface area (Å²) in [7, 11) is 0. The third kappa shape index (κ3) is 4.18. The SMILES string of the molecule is CC(C)(C)CC(C)(C)Nc1nc2ccc(Br)cc2s1. The van der Waals surface area contributed by atoms with Crippen LogP contribution < -0.4 is 5.32 Å². The van der Waals surface area contributed by atoms with Gasteiger partial charge in [0.2, 0.25) is 0 Å². The van der Waals surface area contributed by atoms with Gasteiger partial charge in [-0.3, -0.25) is 0 Å². The molecule has 1 aromatic carbocycles. The van der Waals surface area contributed by atoms with Gasteiger partial charge in [0.1, 0.15) is 0 Å². The number of hydrogen-bond donors (Lipinski definition) is 1. The van der Waals surface area contributed by atoms with E-state index in [1.165, 1.54) is 4.70 Å². The number of fused-ring (bicyclic) bond motifs is 1. The number of hydrogen-bond acceptors (Lipinski definition) is 3. The molecule has 0 fully saturated rings. The van der Waals surface area contributed by atoms with Gasteiger partial charge in [-0.05, 0) is 43.9 Å². The molecule has 0 bridgehead atoms. The third-order valence-electron chi connectivity index (χ3n) is 2.77. The Bertz CT molecular complexity index is 581. The number of anilines is 1. The first-order valence-corrected chi connectivity index (χ1v) is 8.10. The van der Waals surface area contributed by atoms with Crippen LogP contribution in [0.25, 0.3) is 10.2 Å². The van der Waals surface area contributed by atoms with E-state index in [1.54, 1.807) is 11.3 Å². The maximum atomic E-state index is 4.66. The lowest BCUT2D eigenvalue weighted by molar-refractivity contribution is 0.302. The van der Waals surface area contributed by atoms with Crippen LogP contribution in [0.5, 0.6) is 0 Å². The summed E-state index contributed by atoms with van der Waals surface area (Å²) in [6, 6.07) is 6.21. The lowest BCUT2D eigenvalue weighted by atomic mass is 9.82. The van der Waals surface area contributed by atoms with E-state index in [4.69, 9.17) is 0 Å². The predicted molar refractivity (Wildman–Crippen MR) is 89.1 cm³/mol. The predicted octanol–water partition coefficient (Wildman–Crippen LogP) is 5.69. The second-order valence-corrected chi connectivity index (χ2v) is 8.82. The Kier molecular flexibility index (Phi) is 3.94. The number of thiazole rings is 1. The number of benzene rings is 1. The fourth-order valence-electron chi connectivity index (χ4n) is 2.61. The molecule has 19 heavy (non-hydrogen) atoms. The summed E-state index contributed by atoms with van der Waals surface area (Å²) in [4.78, 5) is 4.66. The fourth-order valence-corrected chi connectivity index (χ4v) is 4.21. The molecule has 0 unspecified atom stereocenters. The van der Waals surface area contributed by atoms with Gasteiger partial charge in [-0.1, -0.05) is 48.0 Å². The van der Waals surface area contributed by atoms with Gasteiger partial charge in [0.15, 0.2) is 5.13 Å². The average molecular weight is 341 g/mol. The molecule has 0 aliphatic rings. The highest BCUT2D eigenvalue weighted by atomic mass is 79.9. The summed E-state index contributed by atoms with van der Waals surface area (Å²) in [5.74, 6) is 0. The van der Waals surface area contributed by atoms with Gasteiger partial charge in [-0.15, -0.1) is 0 Å². The monoisotopic (exact) mass is 340 g/mol. The Morgan fingerprint density at radius 3 is 2.53 bits per heavy atom. The molecular formula is C15H21BrN2S. The van der Waals surface area contributed by atoms with Gasteiger partial charge in [-0.2, -0.15) is 0 Å². The lowest BCUT2D eigenvalue weighted by Crippen LogP contribution is -2.35. The number of aromatic nitrogens is 1. The van der Waals surface area contributed by atoms with Gasteiger partial charge >= 0.3 is 0 Å². The molecule has 2 nitrogen and oxygen atoms in total. The summed E-state index contributed by atoms with van der Waals surface area (Å²) in [5, 5.41) is 4.58. The highest BCUT2D eigenvalue weighted by molar-refractivity contribution is 9.10. The number of nitrogens with one attached hydrogen (secondary N) is 1. The van der Waals surface area contributed by atoms with Crippen LogP contribution >= 0.6 is 27.3 Å². The maximum Gasteiger partial charge on any atom is 0.184 e. The molecule has 4 heteroatoms. The topological polar surface area (TPSA) is 24.9 Å². The minimum atomic E-state index is 0.0450. The summed E-state index contributed by atoms with van der Waals surface area (Å²) >= 11 is 5.21. The van der Waals surface area contributed by atoms with Gasteiger partial charge in [-0.25, -0.2) is 4.98 Å². The van der Waals surface area contributed by atoms with Crippen LogP contribution in [0, 0.1) is 5.41 Å². The standard InChI is InChI=1S/C15H21BrN2S/c1-14(2,3)9-15(4,5)18-13-17-11-7-6-10(16)8-12(11)19-13/h6-8H,9H2,1-5H3,(H,17,18). The van der Waals surface area contributed by atoms with Crippen molar-refractivity contribution < 1.29 is 0 Å². The molecule has 0 saturated heterocycles. The molecule has 0 radical (unpaired) electrons. The Labute approximate surface area is 127 Å². The van der Waals surface area contributed by atoms with Crippen molar-refractivity contribution in [2.24, 2.45) is 5.41 Å². The zero-order chi connectivity index (χ0) is 14.3. The molecule has 0 spiro atoms. The van der Waals surface area contributed by atoms with Crippen molar-refractivity contribution in [1.29, 1.82) is 0 Å². The van der Waals surface area contributed by atoms with Crippen molar-refractivity contribution in [2.75, 3.05) is 5.32 Å². The van der Waals surface area contributed by atoms with Crippen molar-refractivity contribution in [1.82, 2.24) is 4.98 Å². The molecule has 1 aromatic heterocycles. The number of rotatable bonds is 3. The van der Waals surface area contributed by atoms with E-state index < -0.39 is 0 Å². The third-order valence-corrected chi connectivity index (χ3v) is 4.19. The molecule has 2 rings (SSSR count). The van der Waals surface area contributed by atoms with Crippen molar-refractivity contribution in [3.05, 3.63) is 22.7 Å². The molecule has 0 aliphatic heterocycles. The van der Waals surface area contributed by atoms with Crippen molar-refractivity contribution in [3.63, 3.8) is 0 Å². The van der Waals surface area contributed by atoms with Crippen molar-refractivity contribution in [2.45, 2.75) is 46.6 Å². The minimum absolute atomic E-state index is 0.0450. The Morgan fingerprint density at radius 1 is 1.21 bits per heavy atom. The van der Waals surface area contributed by atoms with Crippen LogP contribution in [0.4, 0.5) is 5.13 Å². The van der Waals surface area contributed by atoms with E-state index >= 15 is 0 Å². The van der Waals surface area contributed by atoms with Crippen LogP contribution in [-0.4, -0.2) is 10.5 Å². The van der Waals surface area contributed by atoms with E-state index in [0.717, 1.165) is 21.5 Å². The first kappa shape index (κ1) is 14.8. The normalized spacial score (nSPS) is 12.9. The van der Waals surface area contributed by atoms with E-state index in [9.17, 15) is 0 Å². The molecule has 2 aromatic rings. The van der Waals surface area contributed by atoms with Crippen molar-refractivity contribution in [3.8, 4) is 0 Å². The molecule has 104 valence electrons. The fraction of sp³-hybridized carbons (Fsp3) is 0.533. The van der Waals surface area contributed by atoms with Crippen LogP contribution in [-0.2, 0) is 0 Å². The second kappa shape index (κ2) is 5.06. The second-order valence-electron chi connectivity index (χ2n) is 6.88. The van der Waals surface area contributed by atoms with Gasteiger partial charge in [0.05, 0.1) is 10.2 Å². The molecule has 0 saturated carbocycles. The number of halogens is 1. The molecule has 1 N–H and O–H groups in total. The largest absolute Gasteiger partial charge is 0.357 e. The van der Waals surface area contributed by atoms with E-state index in [2.05, 4.69) is 73.0 Å². The Balaban J connectivity index is 2.21. The zero-order valence-corrected chi connectivity index (χ0v) is 14.6. The lowest BCUT2D eigenvalue weighted by Gasteiger charge is -2.33. The molecular weight excluding hydrogens is 320 g/mol. The maximum absolute atomic E-state index is 4.66. The highest BCUT2D eigenvalue weighted by Crippen LogP contribution is 2.33. The highest BCUT2D eigenvalue weighted by Gasteiger charge is 2.26. The zero-order valence-electron chi connectivity index (χ0n) is 12.2. The van der Waals surface area contributed by atoms with Gasteiger partial charge in [0, 0.05) is 10.0 Å². The Hall–Kier alpha value is -0.610. The Morgan fingerprint density at radius 2 is 1.89 bits per heavy atom. The smallest absolute Gasteiger partial charge is 0.184 e. The molecule has 0 aliphatic carbocycles. The van der Waals surface area contributed by atoms with Gasteiger partial charge < -0.3 is 5.32 Å². The van der Waals surface area contributed by atoms with E-state index in [0.29, 0.717) is 5.41 Å². The van der Waals surface area contributed by atoms with Gasteiger partial charge in [0.25, 0.3) is 0 Å². The van der Waals surface area contributed by atoms with Crippen LogP contribution in [0.3, 0.4) is 0 Å². The summed E-state index contributed by atoms with van der Waals surface area (Å²) in [6.45, 7) is 11.3. The van der Waals surface area contributed by atoms with E-state index in [1.807, 2.05) is 6.07 Å². The molecule has 1 heterocycles. The van der Waals surface area contributed by atoms with Crippen LogP contribution in [0.2, 0.25) is 0 Å². The summed E-state index contributed by atoms with van der Waals surface area (Å²) < 4.78 is 2.31. The number of nitrogens with zero attached hydrogens (tertiary/aromatic N) is 1. The summed E-state index contributed by atoms with van der Waals surface area (Å²) in [6.07, 6.45) is 1.10. The first-order valence-electron chi connectivity index (χ1n) is 6.49. The quantitative estimate of drug-likeness (QED) is 0.776. The minimum Gasteiger partial charge on any atom is -0.357 e. The van der Waals surface area contributed by atoms with Crippen LogP contribution in [0.1, 0.15) is 41.0 Å². The summed E-state index contributed by atoms with van der Waals surface area (Å²) in [5.41, 5.74) is 1.40. The molecule has 0 atom stereocenters. The van der Waals surface area contributed by atoms with Crippen molar-refractivity contribution >= 4 is 42.6 Å². The average Bonchev–Trinajstić information content (AvgIpc) is 2.53. The van der Waals surface area contributed by atoms with E-state index in [-0.39, 0.29) is 5.54 Å².